The first-order chi connectivity index (χ1) is 12.7. The fraction of sp³-hybridized carbons (Fsp3) is 0.150. The summed E-state index contributed by atoms with van der Waals surface area (Å²) in [5, 5.41) is 4.26. The molecule has 0 saturated heterocycles. The Hall–Kier alpha value is -3.41. The molecule has 6 nitrogen and oxygen atoms in total. The molecule has 0 aliphatic carbocycles. The molecule has 0 amide bonds. The molecule has 0 bridgehead atoms. The highest BCUT2D eigenvalue weighted by Gasteiger charge is 2.05. The van der Waals surface area contributed by atoms with E-state index in [0.717, 1.165) is 16.8 Å². The van der Waals surface area contributed by atoms with Gasteiger partial charge in [0.15, 0.2) is 23.1 Å². The molecule has 0 saturated carbocycles. The molecule has 1 N–H and O–H groups in total. The molecule has 3 aromatic rings. The average Bonchev–Trinajstić information content (AvgIpc) is 2.68. The van der Waals surface area contributed by atoms with Gasteiger partial charge in [-0.05, 0) is 30.7 Å². The fourth-order valence-electron chi connectivity index (χ4n) is 2.45. The molecule has 0 radical (unpaired) electrons. The molecule has 0 unspecified atom stereocenters. The number of benzene rings is 2. The van der Waals surface area contributed by atoms with Crippen LogP contribution in [0.15, 0.2) is 59.7 Å². The Labute approximate surface area is 152 Å². The Morgan fingerprint density at radius 2 is 1.69 bits per heavy atom. The number of aromatic nitrogens is 2. The number of methoxy groups -OCH3 is 2. The van der Waals surface area contributed by atoms with Crippen molar-refractivity contribution >= 4 is 12.0 Å². The minimum Gasteiger partial charge on any atom is -0.493 e. The number of hydrogen-bond acceptors (Lipinski definition) is 6. The van der Waals surface area contributed by atoms with Crippen LogP contribution >= 0.6 is 0 Å². The zero-order valence-corrected chi connectivity index (χ0v) is 14.9. The van der Waals surface area contributed by atoms with E-state index in [0.29, 0.717) is 23.1 Å². The molecule has 0 spiro atoms. The largest absolute Gasteiger partial charge is 0.493 e. The second kappa shape index (κ2) is 8.11. The average molecular weight is 348 g/mol. The lowest BCUT2D eigenvalue weighted by molar-refractivity contribution is 0.355. The van der Waals surface area contributed by atoms with Crippen LogP contribution in [0, 0.1) is 6.92 Å². The third-order valence-corrected chi connectivity index (χ3v) is 3.69. The zero-order valence-electron chi connectivity index (χ0n) is 14.9. The first-order valence-corrected chi connectivity index (χ1v) is 8.12. The van der Waals surface area contributed by atoms with Crippen LogP contribution in [0.5, 0.6) is 11.5 Å². The van der Waals surface area contributed by atoms with Gasteiger partial charge in [-0.3, -0.25) is 5.43 Å². The summed E-state index contributed by atoms with van der Waals surface area (Å²) in [5.74, 6) is 2.62. The van der Waals surface area contributed by atoms with Crippen molar-refractivity contribution in [2.75, 3.05) is 19.6 Å². The number of nitrogens with one attached hydrogen (secondary N) is 1. The van der Waals surface area contributed by atoms with E-state index in [9.17, 15) is 0 Å². The molecule has 132 valence electrons. The smallest absolute Gasteiger partial charge is 0.161 e. The Kier molecular flexibility index (Phi) is 5.43. The molecule has 1 aromatic heterocycles. The van der Waals surface area contributed by atoms with Crippen molar-refractivity contribution in [1.82, 2.24) is 9.97 Å². The summed E-state index contributed by atoms with van der Waals surface area (Å²) in [5.41, 5.74) is 5.66. The number of hydrogen-bond donors (Lipinski definition) is 1. The van der Waals surface area contributed by atoms with Crippen molar-refractivity contribution in [3.8, 4) is 22.9 Å². The summed E-state index contributed by atoms with van der Waals surface area (Å²) in [7, 11) is 3.21. The molecular formula is C20H20N4O2. The molecule has 0 fully saturated rings. The molecule has 0 aliphatic rings. The predicted octanol–water partition coefficient (Wildman–Crippen LogP) is 3.92. The van der Waals surface area contributed by atoms with E-state index >= 15 is 0 Å². The van der Waals surface area contributed by atoms with Crippen LogP contribution in [0.1, 0.15) is 11.3 Å². The minimum absolute atomic E-state index is 0.632. The van der Waals surface area contributed by atoms with Gasteiger partial charge in [0, 0.05) is 17.3 Å². The van der Waals surface area contributed by atoms with Gasteiger partial charge in [-0.2, -0.15) is 5.10 Å². The van der Waals surface area contributed by atoms with Gasteiger partial charge in [-0.15, -0.1) is 0 Å². The van der Waals surface area contributed by atoms with Gasteiger partial charge in [-0.1, -0.05) is 30.3 Å². The van der Waals surface area contributed by atoms with E-state index in [1.165, 1.54) is 0 Å². The van der Waals surface area contributed by atoms with E-state index in [-0.39, 0.29) is 0 Å². The van der Waals surface area contributed by atoms with Crippen LogP contribution in [0.4, 0.5) is 5.82 Å². The monoisotopic (exact) mass is 348 g/mol. The lowest BCUT2D eigenvalue weighted by Crippen LogP contribution is -1.99. The van der Waals surface area contributed by atoms with Gasteiger partial charge in [0.25, 0.3) is 0 Å². The highest BCUT2D eigenvalue weighted by atomic mass is 16.5. The van der Waals surface area contributed by atoms with E-state index < -0.39 is 0 Å². The summed E-state index contributed by atoms with van der Waals surface area (Å²) < 4.78 is 10.5. The Balaban J connectivity index is 1.77. The van der Waals surface area contributed by atoms with Crippen LogP contribution in [0.2, 0.25) is 0 Å². The van der Waals surface area contributed by atoms with Crippen molar-refractivity contribution in [2.24, 2.45) is 5.10 Å². The van der Waals surface area contributed by atoms with Gasteiger partial charge in [0.1, 0.15) is 0 Å². The van der Waals surface area contributed by atoms with Crippen LogP contribution in [0.25, 0.3) is 11.4 Å². The van der Waals surface area contributed by atoms with E-state index in [1.54, 1.807) is 20.4 Å². The summed E-state index contributed by atoms with van der Waals surface area (Å²) in [6.45, 7) is 1.93. The van der Waals surface area contributed by atoms with Crippen LogP contribution < -0.4 is 14.9 Å². The Morgan fingerprint density at radius 1 is 0.923 bits per heavy atom. The summed E-state index contributed by atoms with van der Waals surface area (Å²) in [6.07, 6.45) is 1.70. The number of aryl methyl sites for hydroxylation is 1. The summed E-state index contributed by atoms with van der Waals surface area (Å²) in [6, 6.07) is 17.3. The highest BCUT2D eigenvalue weighted by Crippen LogP contribution is 2.26. The molecule has 0 aliphatic heterocycles. The van der Waals surface area contributed by atoms with E-state index in [1.807, 2.05) is 61.5 Å². The van der Waals surface area contributed by atoms with E-state index in [4.69, 9.17) is 9.47 Å². The van der Waals surface area contributed by atoms with Gasteiger partial charge >= 0.3 is 0 Å². The first kappa shape index (κ1) is 17.4. The van der Waals surface area contributed by atoms with Crippen molar-refractivity contribution in [3.05, 3.63) is 65.9 Å². The fourth-order valence-corrected chi connectivity index (χ4v) is 2.45. The van der Waals surface area contributed by atoms with Crippen LogP contribution in [-0.2, 0) is 0 Å². The second-order valence-corrected chi connectivity index (χ2v) is 5.57. The SMILES string of the molecule is COc1ccc(/C=N/Nc2cc(C)nc(-c3ccccc3)n2)cc1OC. The lowest BCUT2D eigenvalue weighted by Gasteiger charge is -2.07. The van der Waals surface area contributed by atoms with Gasteiger partial charge in [-0.25, -0.2) is 9.97 Å². The molecule has 0 atom stereocenters. The number of anilines is 1. The highest BCUT2D eigenvalue weighted by molar-refractivity contribution is 5.81. The maximum Gasteiger partial charge on any atom is 0.161 e. The molecule has 3 rings (SSSR count). The molecule has 6 heteroatoms. The van der Waals surface area contributed by atoms with Crippen molar-refractivity contribution in [1.29, 1.82) is 0 Å². The van der Waals surface area contributed by atoms with Gasteiger partial charge < -0.3 is 9.47 Å². The zero-order chi connectivity index (χ0) is 18.4. The number of ether oxygens (including phenoxy) is 2. The molecule has 26 heavy (non-hydrogen) atoms. The quantitative estimate of drug-likeness (QED) is 0.540. The lowest BCUT2D eigenvalue weighted by atomic mass is 10.2. The van der Waals surface area contributed by atoms with Crippen LogP contribution in [0.3, 0.4) is 0 Å². The number of nitrogens with zero attached hydrogens (tertiary/aromatic N) is 3. The summed E-state index contributed by atoms with van der Waals surface area (Å²) >= 11 is 0. The topological polar surface area (TPSA) is 68.6 Å². The normalized spacial score (nSPS) is 10.7. The van der Waals surface area contributed by atoms with Crippen molar-refractivity contribution in [3.63, 3.8) is 0 Å². The molecular weight excluding hydrogens is 328 g/mol. The maximum atomic E-state index is 5.29. The first-order valence-electron chi connectivity index (χ1n) is 8.12. The van der Waals surface area contributed by atoms with E-state index in [2.05, 4.69) is 20.5 Å². The van der Waals surface area contributed by atoms with Gasteiger partial charge in [0.2, 0.25) is 0 Å². The third kappa shape index (κ3) is 4.16. The molecule has 2 aromatic carbocycles. The standard InChI is InChI=1S/C20H20N4O2/c1-14-11-19(23-20(22-14)16-7-5-4-6-8-16)24-21-13-15-9-10-17(25-2)18(12-15)26-3/h4-13H,1-3H3,(H,22,23,24)/b21-13+. The minimum atomic E-state index is 0.632. The summed E-state index contributed by atoms with van der Waals surface area (Å²) in [4.78, 5) is 8.99. The number of rotatable bonds is 6. The Morgan fingerprint density at radius 3 is 2.42 bits per heavy atom. The van der Waals surface area contributed by atoms with Gasteiger partial charge in [0.05, 0.1) is 20.4 Å². The predicted molar refractivity (Wildman–Crippen MR) is 103 cm³/mol. The Bertz CT molecular complexity index is 911. The molecule has 1 heterocycles. The number of hydrazone groups is 1. The maximum absolute atomic E-state index is 5.29. The second-order valence-electron chi connectivity index (χ2n) is 5.57. The van der Waals surface area contributed by atoms with Crippen molar-refractivity contribution in [2.45, 2.75) is 6.92 Å². The third-order valence-electron chi connectivity index (χ3n) is 3.69. The van der Waals surface area contributed by atoms with Crippen molar-refractivity contribution < 1.29 is 9.47 Å². The van der Waals surface area contributed by atoms with Crippen LogP contribution in [-0.4, -0.2) is 30.4 Å².